The van der Waals surface area contributed by atoms with Gasteiger partial charge in [-0.25, -0.2) is 0 Å². The van der Waals surface area contributed by atoms with Crippen LogP contribution in [0.5, 0.6) is 11.5 Å². The molecule has 1 N–H and O–H groups in total. The molecular formula is C13H18BrNO4. The second-order valence-corrected chi connectivity index (χ2v) is 4.82. The molecule has 19 heavy (non-hydrogen) atoms. The maximum atomic E-state index is 12.1. The Bertz CT molecular complexity index is 425. The molecule has 6 heteroatoms. The fourth-order valence-corrected chi connectivity index (χ4v) is 2.15. The summed E-state index contributed by atoms with van der Waals surface area (Å²) in [5, 5.41) is 2.83. The number of carbonyl (C=O) groups is 1. The molecule has 1 atom stereocenters. The Morgan fingerprint density at radius 3 is 2.21 bits per heavy atom. The van der Waals surface area contributed by atoms with Gasteiger partial charge in [0.15, 0.2) is 0 Å². The topological polar surface area (TPSA) is 56.8 Å². The number of carbonyl (C=O) groups excluding carboxylic acids is 1. The minimum atomic E-state index is -0.200. The van der Waals surface area contributed by atoms with Crippen molar-refractivity contribution in [3.8, 4) is 11.5 Å². The van der Waals surface area contributed by atoms with E-state index in [0.29, 0.717) is 28.1 Å². The summed E-state index contributed by atoms with van der Waals surface area (Å²) in [7, 11) is 4.66. The predicted molar refractivity (Wildman–Crippen MR) is 76.1 cm³/mol. The molecule has 1 aromatic carbocycles. The number of nitrogens with one attached hydrogen (secondary N) is 1. The predicted octanol–water partition coefficient (Wildman–Crippen LogP) is 2.23. The molecule has 106 valence electrons. The maximum absolute atomic E-state index is 12.1. The van der Waals surface area contributed by atoms with Crippen LogP contribution in [-0.4, -0.2) is 39.9 Å². The minimum Gasteiger partial charge on any atom is -0.495 e. The van der Waals surface area contributed by atoms with E-state index in [-0.39, 0.29) is 11.9 Å². The van der Waals surface area contributed by atoms with E-state index in [0.717, 1.165) is 0 Å². The van der Waals surface area contributed by atoms with E-state index in [2.05, 4.69) is 21.2 Å². The van der Waals surface area contributed by atoms with Crippen LogP contribution >= 0.6 is 15.9 Å². The van der Waals surface area contributed by atoms with Crippen LogP contribution in [-0.2, 0) is 4.74 Å². The number of halogens is 1. The van der Waals surface area contributed by atoms with E-state index in [9.17, 15) is 4.79 Å². The van der Waals surface area contributed by atoms with Gasteiger partial charge in [0, 0.05) is 18.7 Å². The van der Waals surface area contributed by atoms with Gasteiger partial charge in [-0.15, -0.1) is 0 Å². The van der Waals surface area contributed by atoms with Crippen molar-refractivity contribution >= 4 is 21.8 Å². The fourth-order valence-electron chi connectivity index (χ4n) is 1.60. The van der Waals surface area contributed by atoms with Crippen LogP contribution in [0.4, 0.5) is 0 Å². The third-order valence-electron chi connectivity index (χ3n) is 2.50. The Balaban J connectivity index is 2.97. The van der Waals surface area contributed by atoms with Crippen LogP contribution in [0.1, 0.15) is 17.3 Å². The number of ether oxygens (including phenoxy) is 3. The lowest BCUT2D eigenvalue weighted by Gasteiger charge is -2.15. The molecule has 0 radical (unpaired) electrons. The smallest absolute Gasteiger partial charge is 0.251 e. The first-order valence-corrected chi connectivity index (χ1v) is 6.54. The molecule has 0 fully saturated rings. The highest BCUT2D eigenvalue weighted by Gasteiger charge is 2.15. The van der Waals surface area contributed by atoms with Crippen LogP contribution in [0.3, 0.4) is 0 Å². The van der Waals surface area contributed by atoms with E-state index < -0.39 is 0 Å². The number of hydrogen-bond acceptors (Lipinski definition) is 4. The molecule has 0 aliphatic rings. The number of hydrogen-bond donors (Lipinski definition) is 1. The molecule has 0 spiro atoms. The van der Waals surface area contributed by atoms with Crippen LogP contribution in [0.25, 0.3) is 0 Å². The molecule has 0 aliphatic heterocycles. The van der Waals surface area contributed by atoms with Gasteiger partial charge < -0.3 is 19.5 Å². The zero-order valence-electron chi connectivity index (χ0n) is 11.5. The van der Waals surface area contributed by atoms with Gasteiger partial charge in [0.2, 0.25) is 0 Å². The van der Waals surface area contributed by atoms with Gasteiger partial charge in [0.05, 0.1) is 20.8 Å². The molecule has 1 aromatic rings. The van der Waals surface area contributed by atoms with Crippen molar-refractivity contribution in [1.29, 1.82) is 0 Å². The number of rotatable bonds is 6. The Kier molecular flexibility index (Phi) is 6.11. The van der Waals surface area contributed by atoms with Crippen molar-refractivity contribution in [2.75, 3.05) is 27.9 Å². The van der Waals surface area contributed by atoms with E-state index in [1.54, 1.807) is 19.2 Å². The highest BCUT2D eigenvalue weighted by atomic mass is 79.9. The molecule has 0 aliphatic carbocycles. The second kappa shape index (κ2) is 7.35. The molecule has 0 saturated carbocycles. The van der Waals surface area contributed by atoms with E-state index in [1.807, 2.05) is 6.92 Å². The van der Waals surface area contributed by atoms with Crippen molar-refractivity contribution in [3.05, 3.63) is 22.2 Å². The molecule has 0 aromatic heterocycles. The van der Waals surface area contributed by atoms with Crippen molar-refractivity contribution in [2.45, 2.75) is 13.0 Å². The standard InChI is InChI=1S/C13H18BrNO4/c1-8(7-17-2)15-13(16)9-5-10(18-3)12(14)11(6-9)19-4/h5-6,8H,7H2,1-4H3,(H,15,16). The molecule has 1 rings (SSSR count). The van der Waals surface area contributed by atoms with Crippen molar-refractivity contribution < 1.29 is 19.0 Å². The summed E-state index contributed by atoms with van der Waals surface area (Å²) in [6.45, 7) is 2.32. The average molecular weight is 332 g/mol. The molecule has 1 unspecified atom stereocenters. The number of amides is 1. The normalized spacial score (nSPS) is 11.8. The summed E-state index contributed by atoms with van der Waals surface area (Å²) < 4.78 is 16.1. The first-order valence-electron chi connectivity index (χ1n) is 5.74. The van der Waals surface area contributed by atoms with E-state index in [1.165, 1.54) is 14.2 Å². The van der Waals surface area contributed by atoms with Crippen molar-refractivity contribution in [2.24, 2.45) is 0 Å². The van der Waals surface area contributed by atoms with Crippen molar-refractivity contribution in [3.63, 3.8) is 0 Å². The summed E-state index contributed by atoms with van der Waals surface area (Å²) in [6.07, 6.45) is 0. The van der Waals surface area contributed by atoms with E-state index >= 15 is 0 Å². The number of benzene rings is 1. The molecule has 0 bridgehead atoms. The SMILES string of the molecule is COCC(C)NC(=O)c1cc(OC)c(Br)c(OC)c1. The molecule has 5 nitrogen and oxygen atoms in total. The summed E-state index contributed by atoms with van der Waals surface area (Å²) in [4.78, 5) is 12.1. The summed E-state index contributed by atoms with van der Waals surface area (Å²) in [6, 6.07) is 3.24. The van der Waals surface area contributed by atoms with Gasteiger partial charge in [0.1, 0.15) is 16.0 Å². The fraction of sp³-hybridized carbons (Fsp3) is 0.462. The molecular weight excluding hydrogens is 314 g/mol. The molecule has 0 saturated heterocycles. The lowest BCUT2D eigenvalue weighted by molar-refractivity contribution is 0.0905. The quantitative estimate of drug-likeness (QED) is 0.868. The maximum Gasteiger partial charge on any atom is 0.251 e. The van der Waals surface area contributed by atoms with Crippen LogP contribution < -0.4 is 14.8 Å². The molecule has 1 amide bonds. The summed E-state index contributed by atoms with van der Waals surface area (Å²) in [5.41, 5.74) is 0.472. The number of methoxy groups -OCH3 is 3. The van der Waals surface area contributed by atoms with Gasteiger partial charge in [0.25, 0.3) is 5.91 Å². The van der Waals surface area contributed by atoms with Crippen LogP contribution in [0.15, 0.2) is 16.6 Å². The Morgan fingerprint density at radius 2 is 1.79 bits per heavy atom. The third-order valence-corrected chi connectivity index (χ3v) is 3.28. The van der Waals surface area contributed by atoms with Gasteiger partial charge in [-0.2, -0.15) is 0 Å². The zero-order valence-corrected chi connectivity index (χ0v) is 13.0. The average Bonchev–Trinajstić information content (AvgIpc) is 2.39. The summed E-state index contributed by atoms with van der Waals surface area (Å²) >= 11 is 3.36. The Labute approximate surface area is 121 Å². The Morgan fingerprint density at radius 1 is 1.26 bits per heavy atom. The van der Waals surface area contributed by atoms with Gasteiger partial charge in [-0.05, 0) is 35.0 Å². The first kappa shape index (κ1) is 15.8. The lowest BCUT2D eigenvalue weighted by atomic mass is 10.1. The van der Waals surface area contributed by atoms with E-state index in [4.69, 9.17) is 14.2 Å². The highest BCUT2D eigenvalue weighted by Crippen LogP contribution is 2.35. The first-order chi connectivity index (χ1) is 9.03. The van der Waals surface area contributed by atoms with Crippen LogP contribution in [0.2, 0.25) is 0 Å². The second-order valence-electron chi connectivity index (χ2n) is 4.02. The summed E-state index contributed by atoms with van der Waals surface area (Å²) in [5.74, 6) is 0.890. The van der Waals surface area contributed by atoms with Crippen molar-refractivity contribution in [1.82, 2.24) is 5.32 Å². The van der Waals surface area contributed by atoms with Crippen LogP contribution in [0, 0.1) is 0 Å². The van der Waals surface area contributed by atoms with Gasteiger partial charge >= 0.3 is 0 Å². The third kappa shape index (κ3) is 4.11. The lowest BCUT2D eigenvalue weighted by Crippen LogP contribution is -2.35. The monoisotopic (exact) mass is 331 g/mol. The Hall–Kier alpha value is -1.27. The van der Waals surface area contributed by atoms with Gasteiger partial charge in [-0.1, -0.05) is 0 Å². The highest BCUT2D eigenvalue weighted by molar-refractivity contribution is 9.10. The largest absolute Gasteiger partial charge is 0.495 e. The molecule has 0 heterocycles. The van der Waals surface area contributed by atoms with Gasteiger partial charge in [-0.3, -0.25) is 4.79 Å². The zero-order chi connectivity index (χ0) is 14.4. The minimum absolute atomic E-state index is 0.0712.